The molecule has 3 rings (SSSR count). The number of rotatable bonds is 7. The molecule has 1 aromatic heterocycles. The average molecular weight is 398 g/mol. The molecule has 0 saturated carbocycles. The quantitative estimate of drug-likeness (QED) is 0.716. The highest BCUT2D eigenvalue weighted by Crippen LogP contribution is 2.14. The second-order valence-corrected chi connectivity index (χ2v) is 7.98. The second kappa shape index (κ2) is 9.85. The number of likely N-dealkylation sites (N-methyl/N-ethyl adjacent to an activating group) is 1. The predicted octanol–water partition coefficient (Wildman–Crippen LogP) is 2.05. The van der Waals surface area contributed by atoms with E-state index < -0.39 is 5.63 Å². The van der Waals surface area contributed by atoms with Gasteiger partial charge in [0.1, 0.15) is 11.3 Å². The minimum Gasteiger partial charge on any atom is -0.427 e. The first-order valence-electron chi connectivity index (χ1n) is 10.3. The summed E-state index contributed by atoms with van der Waals surface area (Å²) in [5.74, 6) is 0.416. The van der Waals surface area contributed by atoms with Crippen LogP contribution in [0.1, 0.15) is 27.2 Å². The minimum atomic E-state index is -0.520. The van der Waals surface area contributed by atoms with Crippen molar-refractivity contribution < 1.29 is 9.21 Å². The van der Waals surface area contributed by atoms with Gasteiger partial charge < -0.3 is 14.2 Å². The van der Waals surface area contributed by atoms with Gasteiger partial charge in [0, 0.05) is 45.7 Å². The molecule has 2 heterocycles. The first-order chi connectivity index (χ1) is 13.9. The maximum absolute atomic E-state index is 12.9. The lowest BCUT2D eigenvalue weighted by Gasteiger charge is -2.35. The first kappa shape index (κ1) is 21.3. The molecule has 0 radical (unpaired) electrons. The summed E-state index contributed by atoms with van der Waals surface area (Å²) in [7, 11) is 4.12. The number of benzene rings is 1. The van der Waals surface area contributed by atoms with Crippen molar-refractivity contribution in [3.63, 3.8) is 0 Å². The third kappa shape index (κ3) is 5.78. The van der Waals surface area contributed by atoms with Gasteiger partial charge in [-0.1, -0.05) is 30.3 Å². The summed E-state index contributed by atoms with van der Waals surface area (Å²) in [5.41, 5.74) is 1.55. The van der Waals surface area contributed by atoms with Crippen LogP contribution >= 0.6 is 0 Å². The van der Waals surface area contributed by atoms with Crippen LogP contribution in [-0.2, 0) is 12.8 Å². The molecule has 1 amide bonds. The fourth-order valence-corrected chi connectivity index (χ4v) is 3.64. The Hall–Kier alpha value is -2.44. The SMILES string of the molecule is Cc1cc(CCc2ccccc2)oc(=O)c1C(=O)N1CCN(CCN(C)C)CC1. The van der Waals surface area contributed by atoms with Crippen LogP contribution in [0.25, 0.3) is 0 Å². The van der Waals surface area contributed by atoms with E-state index in [4.69, 9.17) is 4.42 Å². The molecule has 1 fully saturated rings. The normalized spacial score (nSPS) is 15.1. The van der Waals surface area contributed by atoms with E-state index in [-0.39, 0.29) is 11.5 Å². The van der Waals surface area contributed by atoms with E-state index in [1.54, 1.807) is 4.90 Å². The standard InChI is InChI=1S/C23H31N3O3/c1-18-17-20(10-9-19-7-5-4-6-8-19)29-23(28)21(18)22(27)26-15-13-25(14-16-26)12-11-24(2)3/h4-8,17H,9-16H2,1-3H3. The van der Waals surface area contributed by atoms with Gasteiger partial charge in [-0.05, 0) is 44.6 Å². The summed E-state index contributed by atoms with van der Waals surface area (Å²) in [6.07, 6.45) is 1.44. The zero-order chi connectivity index (χ0) is 20.8. The topological polar surface area (TPSA) is 57.0 Å². The second-order valence-electron chi connectivity index (χ2n) is 7.98. The molecule has 156 valence electrons. The van der Waals surface area contributed by atoms with E-state index in [1.807, 2.05) is 31.2 Å². The largest absolute Gasteiger partial charge is 0.427 e. The van der Waals surface area contributed by atoms with Crippen molar-refractivity contribution in [3.05, 3.63) is 69.3 Å². The molecule has 0 atom stereocenters. The smallest absolute Gasteiger partial charge is 0.349 e. The van der Waals surface area contributed by atoms with Gasteiger partial charge in [-0.2, -0.15) is 0 Å². The van der Waals surface area contributed by atoms with Gasteiger partial charge in [-0.15, -0.1) is 0 Å². The molecule has 0 bridgehead atoms. The number of aryl methyl sites for hydroxylation is 3. The monoisotopic (exact) mass is 397 g/mol. The molecule has 0 aliphatic carbocycles. The Bertz CT molecular complexity index is 869. The number of hydrogen-bond donors (Lipinski definition) is 0. The van der Waals surface area contributed by atoms with Gasteiger partial charge in [0.2, 0.25) is 0 Å². The number of piperazine rings is 1. The third-order valence-electron chi connectivity index (χ3n) is 5.44. The Morgan fingerprint density at radius 3 is 2.38 bits per heavy atom. The molecule has 6 nitrogen and oxygen atoms in total. The van der Waals surface area contributed by atoms with E-state index in [9.17, 15) is 9.59 Å². The number of nitrogens with zero attached hydrogens (tertiary/aromatic N) is 3. The maximum Gasteiger partial charge on any atom is 0.349 e. The van der Waals surface area contributed by atoms with Crippen LogP contribution < -0.4 is 5.63 Å². The molecule has 0 spiro atoms. The van der Waals surface area contributed by atoms with E-state index in [0.29, 0.717) is 30.8 Å². The van der Waals surface area contributed by atoms with Crippen molar-refractivity contribution in [2.75, 3.05) is 53.4 Å². The van der Waals surface area contributed by atoms with Gasteiger partial charge >= 0.3 is 5.63 Å². The maximum atomic E-state index is 12.9. The van der Waals surface area contributed by atoms with Crippen LogP contribution in [0.5, 0.6) is 0 Å². The van der Waals surface area contributed by atoms with Gasteiger partial charge in [0.25, 0.3) is 5.91 Å². The summed E-state index contributed by atoms with van der Waals surface area (Å²) in [6.45, 7) is 6.76. The lowest BCUT2D eigenvalue weighted by molar-refractivity contribution is 0.0624. The summed E-state index contributed by atoms with van der Waals surface area (Å²) >= 11 is 0. The van der Waals surface area contributed by atoms with Gasteiger partial charge in [-0.25, -0.2) is 4.79 Å². The highest BCUT2D eigenvalue weighted by molar-refractivity contribution is 5.95. The zero-order valence-electron chi connectivity index (χ0n) is 17.7. The highest BCUT2D eigenvalue weighted by Gasteiger charge is 2.26. The third-order valence-corrected chi connectivity index (χ3v) is 5.44. The Labute approximate surface area is 172 Å². The van der Waals surface area contributed by atoms with E-state index in [2.05, 4.69) is 36.0 Å². The van der Waals surface area contributed by atoms with Crippen LogP contribution in [0, 0.1) is 6.92 Å². The van der Waals surface area contributed by atoms with E-state index >= 15 is 0 Å². The summed E-state index contributed by atoms with van der Waals surface area (Å²) in [5, 5.41) is 0. The lowest BCUT2D eigenvalue weighted by Crippen LogP contribution is -2.50. The summed E-state index contributed by atoms with van der Waals surface area (Å²) in [4.78, 5) is 31.8. The molecule has 6 heteroatoms. The van der Waals surface area contributed by atoms with E-state index in [1.165, 1.54) is 5.56 Å². The Kier molecular flexibility index (Phi) is 7.23. The van der Waals surface area contributed by atoms with E-state index in [0.717, 1.165) is 32.6 Å². The number of amides is 1. The van der Waals surface area contributed by atoms with Crippen LogP contribution in [-0.4, -0.2) is 74.0 Å². The summed E-state index contributed by atoms with van der Waals surface area (Å²) in [6, 6.07) is 11.9. The zero-order valence-corrected chi connectivity index (χ0v) is 17.7. The van der Waals surface area contributed by atoms with Gasteiger partial charge in [0.15, 0.2) is 0 Å². The molecular weight excluding hydrogens is 366 g/mol. The van der Waals surface area contributed by atoms with Gasteiger partial charge in [0.05, 0.1) is 0 Å². The molecule has 1 aromatic carbocycles. The summed E-state index contributed by atoms with van der Waals surface area (Å²) < 4.78 is 5.49. The van der Waals surface area contributed by atoms with Crippen molar-refractivity contribution >= 4 is 5.91 Å². The highest BCUT2D eigenvalue weighted by atomic mass is 16.4. The molecule has 0 N–H and O–H groups in total. The molecule has 1 aliphatic rings. The minimum absolute atomic E-state index is 0.176. The van der Waals surface area contributed by atoms with Crippen molar-refractivity contribution in [1.29, 1.82) is 0 Å². The average Bonchev–Trinajstić information content (AvgIpc) is 2.71. The van der Waals surface area contributed by atoms with Crippen LogP contribution in [0.4, 0.5) is 0 Å². The molecule has 0 unspecified atom stereocenters. The van der Waals surface area contributed by atoms with Crippen LogP contribution in [0.2, 0.25) is 0 Å². The van der Waals surface area contributed by atoms with Crippen molar-refractivity contribution in [2.24, 2.45) is 0 Å². The van der Waals surface area contributed by atoms with Crippen LogP contribution in [0.15, 0.2) is 45.6 Å². The predicted molar refractivity (Wildman–Crippen MR) is 114 cm³/mol. The molecule has 29 heavy (non-hydrogen) atoms. The molecule has 1 aliphatic heterocycles. The van der Waals surface area contributed by atoms with Crippen LogP contribution in [0.3, 0.4) is 0 Å². The van der Waals surface area contributed by atoms with Gasteiger partial charge in [-0.3, -0.25) is 9.69 Å². The number of carbonyl (C=O) groups is 1. The molecule has 2 aromatic rings. The van der Waals surface area contributed by atoms with Crippen molar-refractivity contribution in [2.45, 2.75) is 19.8 Å². The molecular formula is C23H31N3O3. The fraction of sp³-hybridized carbons (Fsp3) is 0.478. The Morgan fingerprint density at radius 2 is 1.76 bits per heavy atom. The fourth-order valence-electron chi connectivity index (χ4n) is 3.64. The van der Waals surface area contributed by atoms with Crippen molar-refractivity contribution in [1.82, 2.24) is 14.7 Å². The number of carbonyl (C=O) groups excluding carboxylic acids is 1. The Balaban J connectivity index is 1.62. The lowest BCUT2D eigenvalue weighted by atomic mass is 10.1. The van der Waals surface area contributed by atoms with Crippen molar-refractivity contribution in [3.8, 4) is 0 Å². The Morgan fingerprint density at radius 1 is 1.07 bits per heavy atom. The first-order valence-corrected chi connectivity index (χ1v) is 10.3. The molecule has 1 saturated heterocycles. The number of hydrogen-bond acceptors (Lipinski definition) is 5.